The van der Waals surface area contributed by atoms with E-state index in [2.05, 4.69) is 27.0 Å². The van der Waals surface area contributed by atoms with Gasteiger partial charge in [0.15, 0.2) is 5.75 Å². The van der Waals surface area contributed by atoms with Gasteiger partial charge in [-0.15, -0.1) is 0 Å². The lowest BCUT2D eigenvalue weighted by atomic mass is 9.93. The van der Waals surface area contributed by atoms with E-state index in [9.17, 15) is 13.6 Å². The fourth-order valence-corrected chi connectivity index (χ4v) is 3.47. The summed E-state index contributed by atoms with van der Waals surface area (Å²) in [4.78, 5) is 25.0. The van der Waals surface area contributed by atoms with Crippen LogP contribution in [0.4, 0.5) is 8.78 Å². The van der Waals surface area contributed by atoms with Crippen LogP contribution >= 0.6 is 0 Å². The maximum atomic E-state index is 13.9. The SMILES string of the molecule is C=N/C(=C\C=C(/C)F)NC(=O)[C@@H]1C[C@@]1(COc1cnc(C)nc1C)c1cccc(F)c1. The number of aliphatic imine (C=N–C) groups is 1. The van der Waals surface area contributed by atoms with Gasteiger partial charge >= 0.3 is 0 Å². The Balaban J connectivity index is 1.83. The molecule has 162 valence electrons. The minimum absolute atomic E-state index is 0.130. The van der Waals surface area contributed by atoms with Gasteiger partial charge in [-0.25, -0.2) is 23.7 Å². The second-order valence-electron chi connectivity index (χ2n) is 7.53. The second kappa shape index (κ2) is 9.16. The van der Waals surface area contributed by atoms with Crippen LogP contribution in [0.1, 0.15) is 30.4 Å². The number of carbonyl (C=O) groups excluding carboxylic acids is 1. The van der Waals surface area contributed by atoms with E-state index in [4.69, 9.17) is 4.74 Å². The van der Waals surface area contributed by atoms with Gasteiger partial charge in [-0.3, -0.25) is 4.79 Å². The molecule has 2 aromatic rings. The highest BCUT2D eigenvalue weighted by Crippen LogP contribution is 2.55. The number of aryl methyl sites for hydroxylation is 2. The van der Waals surface area contributed by atoms with Gasteiger partial charge in [-0.1, -0.05) is 12.1 Å². The minimum Gasteiger partial charge on any atom is -0.489 e. The van der Waals surface area contributed by atoms with Gasteiger partial charge in [0.2, 0.25) is 5.91 Å². The molecule has 1 saturated carbocycles. The molecule has 3 rings (SSSR count). The van der Waals surface area contributed by atoms with Crippen LogP contribution in [0.25, 0.3) is 0 Å². The summed E-state index contributed by atoms with van der Waals surface area (Å²) in [6.07, 6.45) is 4.55. The van der Waals surface area contributed by atoms with Gasteiger partial charge in [0.25, 0.3) is 0 Å². The highest BCUT2D eigenvalue weighted by atomic mass is 19.1. The van der Waals surface area contributed by atoms with Crippen molar-refractivity contribution < 1.29 is 18.3 Å². The molecule has 1 amide bonds. The molecule has 1 aromatic heterocycles. The molecule has 1 aliphatic rings. The fraction of sp³-hybridized carbons (Fsp3) is 0.304. The number of amides is 1. The second-order valence-corrected chi connectivity index (χ2v) is 7.53. The van der Waals surface area contributed by atoms with Crippen molar-refractivity contribution in [2.24, 2.45) is 10.9 Å². The normalized spacial score (nSPS) is 20.9. The van der Waals surface area contributed by atoms with Crippen LogP contribution in [0.5, 0.6) is 5.75 Å². The van der Waals surface area contributed by atoms with Gasteiger partial charge in [-0.05, 0) is 63.8 Å². The van der Waals surface area contributed by atoms with Crippen LogP contribution < -0.4 is 10.1 Å². The van der Waals surface area contributed by atoms with Crippen molar-refractivity contribution in [2.45, 2.75) is 32.6 Å². The molecule has 1 aromatic carbocycles. The Morgan fingerprint density at radius 3 is 2.84 bits per heavy atom. The molecule has 1 heterocycles. The Bertz CT molecular complexity index is 1060. The molecular formula is C23H24F2N4O2. The highest BCUT2D eigenvalue weighted by molar-refractivity contribution is 5.86. The molecule has 0 unspecified atom stereocenters. The van der Waals surface area contributed by atoms with E-state index in [0.717, 1.165) is 0 Å². The standard InChI is InChI=1S/C23H24F2N4O2/c1-14(24)8-9-21(26-4)29-22(30)19-11-23(19,17-6-5-7-18(25)10-17)13-31-20-12-27-16(3)28-15(20)2/h5-10,12,19H,4,11,13H2,1-3H3,(H,29,30)/b14-8+,21-9+/t19-,23+/m0/s1. The number of benzene rings is 1. The Morgan fingerprint density at radius 1 is 1.42 bits per heavy atom. The van der Waals surface area contributed by atoms with E-state index in [-0.39, 0.29) is 18.3 Å². The lowest BCUT2D eigenvalue weighted by Gasteiger charge is -2.20. The first-order valence-electron chi connectivity index (χ1n) is 9.76. The topological polar surface area (TPSA) is 76.5 Å². The smallest absolute Gasteiger partial charge is 0.229 e. The maximum Gasteiger partial charge on any atom is 0.229 e. The van der Waals surface area contributed by atoms with Crippen molar-refractivity contribution in [2.75, 3.05) is 6.61 Å². The van der Waals surface area contributed by atoms with E-state index in [1.807, 2.05) is 6.92 Å². The average molecular weight is 426 g/mol. The number of aromatic nitrogens is 2. The molecule has 2 atom stereocenters. The van der Waals surface area contributed by atoms with Crippen LogP contribution in [0.15, 0.2) is 59.3 Å². The van der Waals surface area contributed by atoms with Crippen LogP contribution in [0.2, 0.25) is 0 Å². The lowest BCUT2D eigenvalue weighted by molar-refractivity contribution is -0.122. The lowest BCUT2D eigenvalue weighted by Crippen LogP contribution is -2.30. The predicted molar refractivity (Wildman–Crippen MR) is 114 cm³/mol. The molecule has 1 N–H and O–H groups in total. The van der Waals surface area contributed by atoms with Crippen molar-refractivity contribution in [3.05, 3.63) is 77.2 Å². The van der Waals surface area contributed by atoms with E-state index in [1.54, 1.807) is 25.3 Å². The number of allylic oxidation sites excluding steroid dienone is 3. The Kier molecular flexibility index (Phi) is 6.58. The molecule has 8 heteroatoms. The molecule has 0 radical (unpaired) electrons. The molecule has 0 aliphatic heterocycles. The summed E-state index contributed by atoms with van der Waals surface area (Å²) < 4.78 is 32.9. The van der Waals surface area contributed by atoms with E-state index in [1.165, 1.54) is 31.2 Å². The van der Waals surface area contributed by atoms with Crippen molar-refractivity contribution in [3.63, 3.8) is 0 Å². The van der Waals surface area contributed by atoms with Crippen LogP contribution in [0, 0.1) is 25.6 Å². The number of nitrogens with one attached hydrogen (secondary N) is 1. The Morgan fingerprint density at radius 2 is 2.19 bits per heavy atom. The monoisotopic (exact) mass is 426 g/mol. The predicted octanol–water partition coefficient (Wildman–Crippen LogP) is 4.10. The number of nitrogens with zero attached hydrogens (tertiary/aromatic N) is 3. The zero-order chi connectivity index (χ0) is 22.6. The van der Waals surface area contributed by atoms with Crippen LogP contribution in [-0.4, -0.2) is 29.2 Å². The number of hydrogen-bond donors (Lipinski definition) is 1. The number of ether oxygens (including phenoxy) is 1. The average Bonchev–Trinajstić information content (AvgIpc) is 3.46. The Labute approximate surface area is 179 Å². The third-order valence-electron chi connectivity index (χ3n) is 5.22. The summed E-state index contributed by atoms with van der Waals surface area (Å²) in [7, 11) is 0. The third kappa shape index (κ3) is 5.20. The maximum absolute atomic E-state index is 13.9. The highest BCUT2D eigenvalue weighted by Gasteiger charge is 2.60. The number of rotatable bonds is 8. The van der Waals surface area contributed by atoms with Crippen LogP contribution in [-0.2, 0) is 10.2 Å². The molecule has 31 heavy (non-hydrogen) atoms. The molecule has 1 aliphatic carbocycles. The van der Waals surface area contributed by atoms with E-state index in [0.29, 0.717) is 29.3 Å². The van der Waals surface area contributed by atoms with E-state index >= 15 is 0 Å². The number of carbonyl (C=O) groups is 1. The van der Waals surface area contributed by atoms with Gasteiger partial charge < -0.3 is 10.1 Å². The fourth-order valence-electron chi connectivity index (χ4n) is 3.47. The molecule has 0 spiro atoms. The summed E-state index contributed by atoms with van der Waals surface area (Å²) in [5.41, 5.74) is 0.620. The van der Waals surface area contributed by atoms with Gasteiger partial charge in [-0.2, -0.15) is 0 Å². The van der Waals surface area contributed by atoms with Crippen molar-refractivity contribution in [3.8, 4) is 5.75 Å². The van der Waals surface area contributed by atoms with Crippen molar-refractivity contribution >= 4 is 12.6 Å². The first-order chi connectivity index (χ1) is 14.7. The quantitative estimate of drug-likeness (QED) is 0.509. The summed E-state index contributed by atoms with van der Waals surface area (Å²) >= 11 is 0. The van der Waals surface area contributed by atoms with E-state index < -0.39 is 23.0 Å². The summed E-state index contributed by atoms with van der Waals surface area (Å²) in [6.45, 7) is 8.41. The largest absolute Gasteiger partial charge is 0.489 e. The molecule has 1 fully saturated rings. The summed E-state index contributed by atoms with van der Waals surface area (Å²) in [5.74, 6) is -0.373. The van der Waals surface area contributed by atoms with Gasteiger partial charge in [0.05, 0.1) is 30.2 Å². The van der Waals surface area contributed by atoms with Crippen molar-refractivity contribution in [1.82, 2.24) is 15.3 Å². The van der Waals surface area contributed by atoms with Gasteiger partial charge in [0.1, 0.15) is 17.5 Å². The minimum atomic E-state index is -0.721. The number of hydrogen-bond acceptors (Lipinski definition) is 5. The molecule has 6 nitrogen and oxygen atoms in total. The zero-order valence-electron chi connectivity index (χ0n) is 17.7. The summed E-state index contributed by atoms with van der Waals surface area (Å²) in [5, 5.41) is 2.65. The van der Waals surface area contributed by atoms with Crippen molar-refractivity contribution in [1.29, 1.82) is 0 Å². The summed E-state index contributed by atoms with van der Waals surface area (Å²) in [6, 6.07) is 6.13. The van der Waals surface area contributed by atoms with Gasteiger partial charge in [0, 0.05) is 5.41 Å². The molecular weight excluding hydrogens is 402 g/mol. The Hall–Kier alpha value is -3.42. The third-order valence-corrected chi connectivity index (χ3v) is 5.22. The zero-order valence-corrected chi connectivity index (χ0v) is 17.7. The number of halogens is 2. The van der Waals surface area contributed by atoms with Crippen LogP contribution in [0.3, 0.4) is 0 Å². The first-order valence-corrected chi connectivity index (χ1v) is 9.76. The molecule has 0 bridgehead atoms. The first kappa shape index (κ1) is 22.3. The molecule has 0 saturated heterocycles.